The van der Waals surface area contributed by atoms with Gasteiger partial charge in [0.25, 0.3) is 0 Å². The van der Waals surface area contributed by atoms with Crippen LogP contribution in [0.25, 0.3) is 0 Å². The molecule has 0 amide bonds. The summed E-state index contributed by atoms with van der Waals surface area (Å²) >= 11 is 0. The first-order valence-corrected chi connectivity index (χ1v) is 4.64. The van der Waals surface area contributed by atoms with Gasteiger partial charge in [0, 0.05) is 13.2 Å². The van der Waals surface area contributed by atoms with E-state index >= 15 is 0 Å². The minimum atomic E-state index is -0.467. The third kappa shape index (κ3) is 4.04. The highest BCUT2D eigenvalue weighted by Gasteiger charge is 2.32. The Bertz CT molecular complexity index is 147. The number of hydrogen-bond donors (Lipinski definition) is 1. The van der Waals surface area contributed by atoms with Gasteiger partial charge in [0.2, 0.25) is 0 Å². The molecule has 1 atom stereocenters. The normalized spacial score (nSPS) is 26.5. The predicted octanol–water partition coefficient (Wildman–Crippen LogP) is 0.537. The van der Waals surface area contributed by atoms with Crippen LogP contribution in [0, 0.1) is 0 Å². The van der Waals surface area contributed by atoms with Crippen molar-refractivity contribution in [1.29, 1.82) is 0 Å². The maximum atomic E-state index is 8.51. The van der Waals surface area contributed by atoms with Crippen molar-refractivity contribution >= 4 is 0 Å². The molecule has 0 spiro atoms. The summed E-state index contributed by atoms with van der Waals surface area (Å²) in [4.78, 5) is 0. The molecule has 0 aromatic carbocycles. The van der Waals surface area contributed by atoms with E-state index in [4.69, 9.17) is 19.3 Å². The van der Waals surface area contributed by atoms with Crippen LogP contribution in [0.4, 0.5) is 0 Å². The highest BCUT2D eigenvalue weighted by atomic mass is 16.7. The average Bonchev–Trinajstić information content (AvgIpc) is 2.40. The maximum Gasteiger partial charge on any atom is 0.163 e. The minimum Gasteiger partial charge on any atom is -0.396 e. The number of aliphatic hydroxyl groups excluding tert-OH is 1. The molecule has 1 aliphatic heterocycles. The largest absolute Gasteiger partial charge is 0.396 e. The minimum absolute atomic E-state index is 0.0358. The Morgan fingerprint density at radius 2 is 2.31 bits per heavy atom. The van der Waals surface area contributed by atoms with Crippen molar-refractivity contribution in [3.8, 4) is 0 Å². The summed E-state index contributed by atoms with van der Waals surface area (Å²) in [7, 11) is 0. The van der Waals surface area contributed by atoms with Gasteiger partial charge in [-0.2, -0.15) is 0 Å². The number of ether oxygens (including phenoxy) is 3. The number of rotatable bonds is 5. The van der Waals surface area contributed by atoms with E-state index in [1.54, 1.807) is 0 Å². The number of hydrogen-bond acceptors (Lipinski definition) is 4. The van der Waals surface area contributed by atoms with E-state index in [1.807, 2.05) is 13.8 Å². The molecule has 13 heavy (non-hydrogen) atoms. The van der Waals surface area contributed by atoms with Crippen LogP contribution in [-0.2, 0) is 14.2 Å². The molecule has 4 nitrogen and oxygen atoms in total. The highest BCUT2D eigenvalue weighted by molar-refractivity contribution is 4.69. The van der Waals surface area contributed by atoms with E-state index in [-0.39, 0.29) is 12.7 Å². The molecule has 1 heterocycles. The third-order valence-corrected chi connectivity index (χ3v) is 1.82. The lowest BCUT2D eigenvalue weighted by molar-refractivity contribution is -0.145. The molecule has 0 radical (unpaired) electrons. The fourth-order valence-corrected chi connectivity index (χ4v) is 1.23. The molecule has 1 aliphatic rings. The zero-order chi connectivity index (χ0) is 9.73. The maximum absolute atomic E-state index is 8.51. The molecule has 78 valence electrons. The summed E-state index contributed by atoms with van der Waals surface area (Å²) in [6.45, 7) is 5.67. The summed E-state index contributed by atoms with van der Waals surface area (Å²) in [6, 6.07) is 0. The van der Waals surface area contributed by atoms with Gasteiger partial charge >= 0.3 is 0 Å². The van der Waals surface area contributed by atoms with Gasteiger partial charge in [0.05, 0.1) is 13.2 Å². The van der Waals surface area contributed by atoms with Gasteiger partial charge in [-0.1, -0.05) is 0 Å². The van der Waals surface area contributed by atoms with Gasteiger partial charge in [-0.25, -0.2) is 0 Å². The Morgan fingerprint density at radius 1 is 1.54 bits per heavy atom. The van der Waals surface area contributed by atoms with Crippen molar-refractivity contribution < 1.29 is 19.3 Å². The monoisotopic (exact) mass is 190 g/mol. The Morgan fingerprint density at radius 3 is 2.85 bits per heavy atom. The second-order valence-corrected chi connectivity index (χ2v) is 3.60. The topological polar surface area (TPSA) is 47.9 Å². The van der Waals surface area contributed by atoms with Crippen LogP contribution in [0.5, 0.6) is 0 Å². The standard InChI is InChI=1S/C9H18O4/c1-9(2)12-7-8(13-9)6-11-5-3-4-10/h8,10H,3-7H2,1-2H3/t8-/m1/s1. The van der Waals surface area contributed by atoms with Crippen molar-refractivity contribution in [1.82, 2.24) is 0 Å². The molecule has 1 fully saturated rings. The van der Waals surface area contributed by atoms with Gasteiger partial charge in [-0.05, 0) is 20.3 Å². The van der Waals surface area contributed by atoms with Crippen molar-refractivity contribution in [2.45, 2.75) is 32.2 Å². The summed E-state index contributed by atoms with van der Waals surface area (Å²) < 4.78 is 16.2. The molecule has 1 saturated heterocycles. The van der Waals surface area contributed by atoms with Crippen LogP contribution < -0.4 is 0 Å². The second kappa shape index (κ2) is 4.91. The zero-order valence-corrected chi connectivity index (χ0v) is 8.28. The van der Waals surface area contributed by atoms with Crippen LogP contribution in [-0.4, -0.2) is 43.4 Å². The molecule has 0 aromatic heterocycles. The Kier molecular flexibility index (Phi) is 4.12. The van der Waals surface area contributed by atoms with E-state index in [1.165, 1.54) is 0 Å². The first-order chi connectivity index (χ1) is 6.14. The molecule has 0 aromatic rings. The van der Waals surface area contributed by atoms with Gasteiger partial charge in [-0.3, -0.25) is 0 Å². The molecule has 4 heteroatoms. The van der Waals surface area contributed by atoms with E-state index in [2.05, 4.69) is 0 Å². The fourth-order valence-electron chi connectivity index (χ4n) is 1.23. The summed E-state index contributed by atoms with van der Waals surface area (Å²) in [5.74, 6) is -0.467. The second-order valence-electron chi connectivity index (χ2n) is 3.60. The van der Waals surface area contributed by atoms with Gasteiger partial charge in [-0.15, -0.1) is 0 Å². The van der Waals surface area contributed by atoms with Crippen LogP contribution >= 0.6 is 0 Å². The molecular formula is C9H18O4. The van der Waals surface area contributed by atoms with E-state index < -0.39 is 5.79 Å². The molecule has 0 unspecified atom stereocenters. The first-order valence-electron chi connectivity index (χ1n) is 4.64. The van der Waals surface area contributed by atoms with Crippen LogP contribution in [0.15, 0.2) is 0 Å². The van der Waals surface area contributed by atoms with E-state index in [0.717, 1.165) is 0 Å². The average molecular weight is 190 g/mol. The van der Waals surface area contributed by atoms with Gasteiger partial charge in [0.15, 0.2) is 5.79 Å². The van der Waals surface area contributed by atoms with Crippen molar-refractivity contribution in [3.05, 3.63) is 0 Å². The lowest BCUT2D eigenvalue weighted by Crippen LogP contribution is -2.24. The fraction of sp³-hybridized carbons (Fsp3) is 1.00. The van der Waals surface area contributed by atoms with E-state index in [9.17, 15) is 0 Å². The van der Waals surface area contributed by atoms with Gasteiger partial charge < -0.3 is 19.3 Å². The summed E-state index contributed by atoms with van der Waals surface area (Å²) in [5.41, 5.74) is 0. The lowest BCUT2D eigenvalue weighted by Gasteiger charge is -2.16. The smallest absolute Gasteiger partial charge is 0.163 e. The summed E-state index contributed by atoms with van der Waals surface area (Å²) in [5, 5.41) is 8.51. The molecule has 0 saturated carbocycles. The Hall–Kier alpha value is -0.160. The van der Waals surface area contributed by atoms with Gasteiger partial charge in [0.1, 0.15) is 6.10 Å². The number of aliphatic hydroxyl groups is 1. The van der Waals surface area contributed by atoms with Crippen LogP contribution in [0.3, 0.4) is 0 Å². The molecule has 1 N–H and O–H groups in total. The Labute approximate surface area is 78.8 Å². The molecule has 0 aliphatic carbocycles. The third-order valence-electron chi connectivity index (χ3n) is 1.82. The highest BCUT2D eigenvalue weighted by Crippen LogP contribution is 2.22. The quantitative estimate of drug-likeness (QED) is 0.643. The van der Waals surface area contributed by atoms with Crippen molar-refractivity contribution in [3.63, 3.8) is 0 Å². The van der Waals surface area contributed by atoms with Crippen molar-refractivity contribution in [2.75, 3.05) is 26.4 Å². The lowest BCUT2D eigenvalue weighted by atomic mass is 10.4. The Balaban J connectivity index is 2.04. The SMILES string of the molecule is CC1(C)OC[C@@H](COCCCO)O1. The predicted molar refractivity (Wildman–Crippen MR) is 47.4 cm³/mol. The molecular weight excluding hydrogens is 172 g/mol. The zero-order valence-electron chi connectivity index (χ0n) is 8.28. The van der Waals surface area contributed by atoms with Crippen molar-refractivity contribution in [2.24, 2.45) is 0 Å². The van der Waals surface area contributed by atoms with Crippen LogP contribution in [0.2, 0.25) is 0 Å². The molecule has 1 rings (SSSR count). The summed E-state index contributed by atoms with van der Waals surface area (Å²) in [6.07, 6.45) is 0.713. The molecule has 0 bridgehead atoms. The first kappa shape index (κ1) is 10.9. The van der Waals surface area contributed by atoms with E-state index in [0.29, 0.717) is 26.2 Å². The van der Waals surface area contributed by atoms with Crippen LogP contribution in [0.1, 0.15) is 20.3 Å².